The molecular weight excluding hydrogens is 370 g/mol. The second-order valence-electron chi connectivity index (χ2n) is 5.70. The molecule has 2 rings (SSSR count). The van der Waals surface area contributed by atoms with Gasteiger partial charge in [0.2, 0.25) is 5.12 Å². The molecule has 0 radical (unpaired) electrons. The van der Waals surface area contributed by atoms with Gasteiger partial charge in [0.15, 0.2) is 5.54 Å². The maximum atomic E-state index is 12.8. The molecule has 8 heteroatoms. The minimum atomic E-state index is -1.36. The molecule has 1 aromatic carbocycles. The number of methoxy groups -OCH3 is 2. The first kappa shape index (κ1) is 20.7. The van der Waals surface area contributed by atoms with E-state index in [2.05, 4.69) is 14.5 Å². The standard InChI is InChI=1S/C19H21NO6S/c1-4-19(14(10-15(21)24-2)11-16(22)25-3)17(23)27-18(20-19)26-12-13-8-6-5-7-9-13/h5-10H,4,11-12H2,1-3H3/b14-10+/t19-/m0/s1. The van der Waals surface area contributed by atoms with Gasteiger partial charge in [0.05, 0.1) is 20.6 Å². The third kappa shape index (κ3) is 4.97. The monoisotopic (exact) mass is 391 g/mol. The van der Waals surface area contributed by atoms with Crippen molar-refractivity contribution in [1.82, 2.24) is 0 Å². The van der Waals surface area contributed by atoms with E-state index in [4.69, 9.17) is 4.74 Å². The summed E-state index contributed by atoms with van der Waals surface area (Å²) in [5.41, 5.74) is -0.208. The molecule has 0 spiro atoms. The van der Waals surface area contributed by atoms with Gasteiger partial charge in [-0.3, -0.25) is 9.59 Å². The zero-order valence-electron chi connectivity index (χ0n) is 15.4. The molecule has 0 saturated heterocycles. The molecule has 1 aromatic rings. The Morgan fingerprint density at radius 1 is 1.19 bits per heavy atom. The first-order valence-corrected chi connectivity index (χ1v) is 9.11. The molecule has 0 N–H and O–H groups in total. The minimum absolute atomic E-state index is 0.200. The number of hydrogen-bond donors (Lipinski definition) is 0. The Kier molecular flexibility index (Phi) is 7.18. The van der Waals surface area contributed by atoms with E-state index in [0.717, 1.165) is 23.4 Å². The highest BCUT2D eigenvalue weighted by Gasteiger charge is 2.47. The van der Waals surface area contributed by atoms with Crippen molar-refractivity contribution in [3.8, 4) is 0 Å². The van der Waals surface area contributed by atoms with E-state index in [0.29, 0.717) is 0 Å². The van der Waals surface area contributed by atoms with Crippen molar-refractivity contribution in [3.05, 3.63) is 47.5 Å². The summed E-state index contributed by atoms with van der Waals surface area (Å²) in [7, 11) is 2.45. The number of rotatable bonds is 7. The van der Waals surface area contributed by atoms with Crippen molar-refractivity contribution in [2.75, 3.05) is 14.2 Å². The molecular formula is C19H21NO6S. The molecule has 27 heavy (non-hydrogen) atoms. The molecule has 0 amide bonds. The lowest BCUT2D eigenvalue weighted by atomic mass is 9.86. The average molecular weight is 391 g/mol. The third-order valence-corrected chi connectivity index (χ3v) is 5.01. The molecule has 0 saturated carbocycles. The smallest absolute Gasteiger partial charge is 0.330 e. The lowest BCUT2D eigenvalue weighted by molar-refractivity contribution is -0.139. The molecule has 1 heterocycles. The quantitative estimate of drug-likeness (QED) is 0.521. The maximum absolute atomic E-state index is 12.8. The largest absolute Gasteiger partial charge is 0.469 e. The Hall–Kier alpha value is -2.61. The highest BCUT2D eigenvalue weighted by molar-refractivity contribution is 8.26. The van der Waals surface area contributed by atoms with Gasteiger partial charge in [-0.2, -0.15) is 0 Å². The average Bonchev–Trinajstić information content (AvgIpc) is 3.02. The van der Waals surface area contributed by atoms with Gasteiger partial charge in [-0.05, 0) is 17.6 Å². The normalized spacial score (nSPS) is 19.4. The Morgan fingerprint density at radius 2 is 1.89 bits per heavy atom. The van der Waals surface area contributed by atoms with Crippen LogP contribution in [0.4, 0.5) is 0 Å². The zero-order valence-corrected chi connectivity index (χ0v) is 16.2. The van der Waals surface area contributed by atoms with Gasteiger partial charge >= 0.3 is 11.9 Å². The number of benzene rings is 1. The predicted octanol–water partition coefficient (Wildman–Crippen LogP) is 2.64. The molecule has 0 fully saturated rings. The summed E-state index contributed by atoms with van der Waals surface area (Å²) >= 11 is 0.858. The van der Waals surface area contributed by atoms with Gasteiger partial charge in [-0.1, -0.05) is 37.3 Å². The van der Waals surface area contributed by atoms with E-state index in [-0.39, 0.29) is 35.4 Å². The van der Waals surface area contributed by atoms with Gasteiger partial charge in [0, 0.05) is 17.8 Å². The minimum Gasteiger partial charge on any atom is -0.469 e. The zero-order chi connectivity index (χ0) is 19.9. The van der Waals surface area contributed by atoms with E-state index in [1.165, 1.54) is 14.2 Å². The topological polar surface area (TPSA) is 91.3 Å². The van der Waals surface area contributed by atoms with E-state index in [1.807, 2.05) is 30.3 Å². The first-order valence-electron chi connectivity index (χ1n) is 8.29. The number of aliphatic imine (C=N–C) groups is 1. The SMILES string of the molecule is CC[C@@]1(/C(=C/C(=O)OC)CC(=O)OC)N=C(OCc2ccccc2)SC1=O. The Balaban J connectivity index is 2.30. The van der Waals surface area contributed by atoms with Crippen LogP contribution >= 0.6 is 11.8 Å². The van der Waals surface area contributed by atoms with Crippen LogP contribution in [0, 0.1) is 0 Å². The summed E-state index contributed by atoms with van der Waals surface area (Å²) in [6, 6.07) is 9.46. The van der Waals surface area contributed by atoms with E-state index in [1.54, 1.807) is 6.92 Å². The Labute approximate surface area is 161 Å². The number of hydrogen-bond acceptors (Lipinski definition) is 8. The summed E-state index contributed by atoms with van der Waals surface area (Å²) in [5, 5.41) is -0.113. The predicted molar refractivity (Wildman–Crippen MR) is 101 cm³/mol. The summed E-state index contributed by atoms with van der Waals surface area (Å²) in [5.74, 6) is -1.25. The van der Waals surface area contributed by atoms with E-state index in [9.17, 15) is 14.4 Å². The van der Waals surface area contributed by atoms with Gasteiger partial charge < -0.3 is 14.2 Å². The summed E-state index contributed by atoms with van der Waals surface area (Å²) < 4.78 is 15.0. The fourth-order valence-corrected chi connectivity index (χ4v) is 3.54. The highest BCUT2D eigenvalue weighted by Crippen LogP contribution is 2.40. The van der Waals surface area contributed by atoms with Crippen molar-refractivity contribution in [1.29, 1.82) is 0 Å². The lowest BCUT2D eigenvalue weighted by Crippen LogP contribution is -2.35. The third-order valence-electron chi connectivity index (χ3n) is 4.10. The van der Waals surface area contributed by atoms with Gasteiger partial charge in [-0.15, -0.1) is 0 Å². The molecule has 0 aliphatic carbocycles. The Morgan fingerprint density at radius 3 is 2.48 bits per heavy atom. The van der Waals surface area contributed by atoms with Crippen molar-refractivity contribution < 1.29 is 28.6 Å². The van der Waals surface area contributed by atoms with Crippen molar-refractivity contribution in [2.24, 2.45) is 4.99 Å². The van der Waals surface area contributed by atoms with Crippen LogP contribution in [0.25, 0.3) is 0 Å². The lowest BCUT2D eigenvalue weighted by Gasteiger charge is -2.24. The van der Waals surface area contributed by atoms with Gasteiger partial charge in [0.25, 0.3) is 5.23 Å². The van der Waals surface area contributed by atoms with E-state index < -0.39 is 17.5 Å². The molecule has 0 aromatic heterocycles. The molecule has 1 aliphatic rings. The second-order valence-corrected chi connectivity index (χ2v) is 6.63. The number of esters is 2. The fourth-order valence-electron chi connectivity index (χ4n) is 2.57. The molecule has 144 valence electrons. The molecule has 0 bridgehead atoms. The van der Waals surface area contributed by atoms with E-state index >= 15 is 0 Å². The number of nitrogens with zero attached hydrogens (tertiary/aromatic N) is 1. The van der Waals surface area contributed by atoms with Crippen LogP contribution in [0.3, 0.4) is 0 Å². The van der Waals surface area contributed by atoms with Crippen LogP contribution in [-0.2, 0) is 35.2 Å². The Bertz CT molecular complexity index is 774. The molecule has 1 aliphatic heterocycles. The molecule has 0 unspecified atom stereocenters. The van der Waals surface area contributed by atoms with Crippen LogP contribution in [0.5, 0.6) is 0 Å². The van der Waals surface area contributed by atoms with Gasteiger partial charge in [-0.25, -0.2) is 9.79 Å². The van der Waals surface area contributed by atoms with Crippen LogP contribution in [0.2, 0.25) is 0 Å². The second kappa shape index (κ2) is 9.36. The summed E-state index contributed by atoms with van der Waals surface area (Å²) in [6.45, 7) is 2.01. The summed E-state index contributed by atoms with van der Waals surface area (Å²) in [4.78, 5) is 40.7. The highest BCUT2D eigenvalue weighted by atomic mass is 32.2. The molecule has 1 atom stereocenters. The molecule has 7 nitrogen and oxygen atoms in total. The van der Waals surface area contributed by atoms with Crippen molar-refractivity contribution in [2.45, 2.75) is 31.9 Å². The van der Waals surface area contributed by atoms with Crippen LogP contribution in [0.1, 0.15) is 25.3 Å². The van der Waals surface area contributed by atoms with Crippen LogP contribution in [0.15, 0.2) is 47.0 Å². The maximum Gasteiger partial charge on any atom is 0.330 e. The van der Waals surface area contributed by atoms with Crippen molar-refractivity contribution in [3.63, 3.8) is 0 Å². The number of thioether (sulfide) groups is 1. The number of carbonyl (C=O) groups is 3. The number of ether oxygens (including phenoxy) is 3. The van der Waals surface area contributed by atoms with Crippen LogP contribution in [-0.4, -0.2) is 42.0 Å². The van der Waals surface area contributed by atoms with Crippen molar-refractivity contribution >= 4 is 34.0 Å². The summed E-state index contributed by atoms with van der Waals surface area (Å²) in [6.07, 6.45) is 1.14. The first-order chi connectivity index (χ1) is 12.9. The fraction of sp³-hybridized carbons (Fsp3) is 0.368. The van der Waals surface area contributed by atoms with Gasteiger partial charge in [0.1, 0.15) is 6.61 Å². The van der Waals surface area contributed by atoms with Crippen LogP contribution < -0.4 is 0 Å². The number of carbonyl (C=O) groups excluding carboxylic acids is 3.